The summed E-state index contributed by atoms with van der Waals surface area (Å²) in [5, 5.41) is 20.3. The highest BCUT2D eigenvalue weighted by atomic mass is 79.9. The molecule has 3 heterocycles. The van der Waals surface area contributed by atoms with Gasteiger partial charge < -0.3 is 55.6 Å². The van der Waals surface area contributed by atoms with Crippen molar-refractivity contribution in [2.45, 2.75) is 190 Å². The van der Waals surface area contributed by atoms with E-state index in [1.54, 1.807) is 41.5 Å². The summed E-state index contributed by atoms with van der Waals surface area (Å²) in [6, 6.07) is 0. The lowest BCUT2D eigenvalue weighted by Gasteiger charge is -2.25. The summed E-state index contributed by atoms with van der Waals surface area (Å²) in [6.07, 6.45) is 18.8. The molecule has 0 radical (unpaired) electrons. The zero-order chi connectivity index (χ0) is 67.5. The number of amides is 4. The SMILES string of the molecule is BrCCCCBr.CCCCn1cc[n+](C)c1.CCOC(=O)C1(C(=O)O)CCCC1.CCOC(=O)C1(C(=O)OCC)CCCC1.CCOC(=O)C1(C(=O)ON2C(=O)CCC2=O)CCCC1.CCOC(=O)CC(=O)OCC.F[B-](F)(F)F.O=C1CCC(=O)N1O. The molecule has 32 heteroatoms. The number of carboxylic acids is 1. The Balaban J connectivity index is 0. The third kappa shape index (κ3) is 31.9. The maximum absolute atomic E-state index is 12.3. The topological polar surface area (TPSA) is 325 Å². The second kappa shape index (κ2) is 46.1. The highest BCUT2D eigenvalue weighted by molar-refractivity contribution is 9.09. The van der Waals surface area contributed by atoms with Crippen LogP contribution in [0.2, 0.25) is 0 Å². The Morgan fingerprint density at radius 2 is 0.852 bits per heavy atom. The molecule has 6 rings (SSSR count). The van der Waals surface area contributed by atoms with Crippen LogP contribution >= 0.6 is 31.9 Å². The zero-order valence-electron chi connectivity index (χ0n) is 51.7. The minimum atomic E-state index is -6.00. The molecule has 5 aliphatic rings. The summed E-state index contributed by atoms with van der Waals surface area (Å²) in [7, 11) is -3.96. The van der Waals surface area contributed by atoms with Gasteiger partial charge in [0.1, 0.15) is 18.8 Å². The zero-order valence-corrected chi connectivity index (χ0v) is 54.9. The number of rotatable bonds is 21. The first-order valence-corrected chi connectivity index (χ1v) is 31.6. The van der Waals surface area contributed by atoms with Gasteiger partial charge in [0.25, 0.3) is 23.6 Å². The molecule has 504 valence electrons. The lowest BCUT2D eigenvalue weighted by atomic mass is 9.86. The van der Waals surface area contributed by atoms with Crippen molar-refractivity contribution >= 4 is 110 Å². The Morgan fingerprint density at radius 3 is 1.12 bits per heavy atom. The number of ether oxygens (including phenoxy) is 6. The van der Waals surface area contributed by atoms with Crippen molar-refractivity contribution < 1.29 is 123 Å². The Labute approximate surface area is 528 Å². The number of hydroxylamine groups is 4. The molecule has 1 aromatic heterocycles. The van der Waals surface area contributed by atoms with Gasteiger partial charge in [0.15, 0.2) is 16.2 Å². The van der Waals surface area contributed by atoms with Crippen molar-refractivity contribution in [3.8, 4) is 0 Å². The number of imide groups is 2. The molecule has 25 nitrogen and oxygen atoms in total. The molecule has 2 aliphatic heterocycles. The number of halogens is 6. The van der Waals surface area contributed by atoms with Crippen LogP contribution in [0.4, 0.5) is 17.3 Å². The molecule has 2 saturated heterocycles. The molecule has 1 aromatic rings. The van der Waals surface area contributed by atoms with Crippen molar-refractivity contribution in [1.82, 2.24) is 14.7 Å². The van der Waals surface area contributed by atoms with Gasteiger partial charge in [-0.3, -0.25) is 57.9 Å². The van der Waals surface area contributed by atoms with Crippen LogP contribution in [0.25, 0.3) is 0 Å². The minimum Gasteiger partial charge on any atom is -0.480 e. The first-order chi connectivity index (χ1) is 41.5. The molecule has 88 heavy (non-hydrogen) atoms. The average molecular weight is 1400 g/mol. The van der Waals surface area contributed by atoms with E-state index in [-0.39, 0.29) is 63.6 Å². The molecule has 3 saturated carbocycles. The number of nitrogens with zero attached hydrogens (tertiary/aromatic N) is 4. The number of imidazole rings is 1. The first-order valence-electron chi connectivity index (χ1n) is 29.3. The first kappa shape index (κ1) is 84.0. The van der Waals surface area contributed by atoms with Crippen LogP contribution in [0.15, 0.2) is 18.7 Å². The number of aryl methyl sites for hydroxylation is 2. The van der Waals surface area contributed by atoms with E-state index in [9.17, 15) is 74.8 Å². The van der Waals surface area contributed by atoms with Gasteiger partial charge in [-0.05, 0) is 99.3 Å². The van der Waals surface area contributed by atoms with Crippen molar-refractivity contribution in [2.75, 3.05) is 50.3 Å². The number of carbonyl (C=O) groups is 12. The van der Waals surface area contributed by atoms with Crippen LogP contribution < -0.4 is 4.57 Å². The molecule has 0 unspecified atom stereocenters. The summed E-state index contributed by atoms with van der Waals surface area (Å²) in [5.74, 6) is -7.13. The third-order valence-electron chi connectivity index (χ3n) is 13.1. The number of aliphatic carboxylic acids is 1. The van der Waals surface area contributed by atoms with Crippen LogP contribution in [-0.4, -0.2) is 154 Å². The molecule has 4 amide bonds. The van der Waals surface area contributed by atoms with Gasteiger partial charge in [0.05, 0.1) is 53.2 Å². The van der Waals surface area contributed by atoms with Gasteiger partial charge in [-0.25, -0.2) is 13.9 Å². The monoisotopic (exact) mass is 1400 g/mol. The molecule has 0 aromatic carbocycles. The summed E-state index contributed by atoms with van der Waals surface area (Å²) >= 11 is 6.66. The van der Waals surface area contributed by atoms with Crippen LogP contribution in [0.1, 0.15) is 183 Å². The molecule has 3 aliphatic carbocycles. The van der Waals surface area contributed by atoms with Gasteiger partial charge in [0, 0.05) is 36.3 Å². The highest BCUT2D eigenvalue weighted by Gasteiger charge is 2.54. The van der Waals surface area contributed by atoms with E-state index >= 15 is 0 Å². The van der Waals surface area contributed by atoms with E-state index in [1.165, 1.54) is 25.7 Å². The van der Waals surface area contributed by atoms with Crippen molar-refractivity contribution in [1.29, 1.82) is 0 Å². The number of carboxylic acid groups (broad SMARTS) is 1. The van der Waals surface area contributed by atoms with E-state index < -0.39 is 94.9 Å². The lowest BCUT2D eigenvalue weighted by molar-refractivity contribution is -0.671. The second-order valence-corrected chi connectivity index (χ2v) is 21.2. The van der Waals surface area contributed by atoms with E-state index in [2.05, 4.69) is 76.1 Å². The molecule has 5 fully saturated rings. The molecular formula is C56H89BBr2F4N4O21. The Bertz CT molecular complexity index is 2270. The highest BCUT2D eigenvalue weighted by Crippen LogP contribution is 2.42. The van der Waals surface area contributed by atoms with Crippen LogP contribution in [0.5, 0.6) is 0 Å². The third-order valence-corrected chi connectivity index (χ3v) is 14.2. The van der Waals surface area contributed by atoms with Gasteiger partial charge in [0.2, 0.25) is 6.33 Å². The van der Waals surface area contributed by atoms with Crippen LogP contribution in [-0.2, 0) is 104 Å². The summed E-state index contributed by atoms with van der Waals surface area (Å²) in [5.41, 5.74) is -3.62. The lowest BCUT2D eigenvalue weighted by Crippen LogP contribution is -2.44. The van der Waals surface area contributed by atoms with Gasteiger partial charge in [-0.2, -0.15) is 5.06 Å². The Morgan fingerprint density at radius 1 is 0.534 bits per heavy atom. The Hall–Kier alpha value is -6.05. The quantitative estimate of drug-likeness (QED) is 0.0111. The fourth-order valence-corrected chi connectivity index (χ4v) is 9.39. The largest absolute Gasteiger partial charge is 0.673 e. The van der Waals surface area contributed by atoms with Crippen molar-refractivity contribution in [2.24, 2.45) is 23.3 Å². The number of unbranched alkanes of at least 4 members (excludes halogenated alkanes) is 2. The number of alkyl halides is 2. The maximum Gasteiger partial charge on any atom is 0.673 e. The van der Waals surface area contributed by atoms with Crippen molar-refractivity contribution in [3.63, 3.8) is 0 Å². The van der Waals surface area contributed by atoms with E-state index in [1.807, 2.05) is 7.05 Å². The number of esters is 6. The molecule has 0 bridgehead atoms. The summed E-state index contributed by atoms with van der Waals surface area (Å²) in [6.45, 7) is 15.1. The number of hydrogen-bond acceptors (Lipinski definition) is 20. The predicted molar refractivity (Wildman–Crippen MR) is 312 cm³/mol. The maximum atomic E-state index is 12.3. The van der Waals surface area contributed by atoms with Gasteiger partial charge in [-0.15, -0.1) is 5.06 Å². The molecule has 0 spiro atoms. The fourth-order valence-electron chi connectivity index (χ4n) is 8.60. The Kier molecular flexibility index (Phi) is 44.0. The average Bonchev–Trinajstić information content (AvgIpc) is 3.66. The second-order valence-electron chi connectivity index (χ2n) is 19.7. The predicted octanol–water partition coefficient (Wildman–Crippen LogP) is 8.58. The normalized spacial score (nSPS) is 16.3. The molecule has 0 atom stereocenters. The van der Waals surface area contributed by atoms with Crippen LogP contribution in [0.3, 0.4) is 0 Å². The van der Waals surface area contributed by atoms with Gasteiger partial charge in [-0.1, -0.05) is 83.7 Å². The summed E-state index contributed by atoms with van der Waals surface area (Å²) in [4.78, 5) is 140. The molecule has 2 N–H and O–H groups in total. The number of hydrogen-bond donors (Lipinski definition) is 2. The van der Waals surface area contributed by atoms with E-state index in [4.69, 9.17) is 34.1 Å². The van der Waals surface area contributed by atoms with Crippen molar-refractivity contribution in [3.05, 3.63) is 18.7 Å². The molecular weight excluding hydrogens is 1310 g/mol. The standard InChI is InChI=1S/C13H17NO6.C11H18O4.C9H14O4.C8H15N2.C7H12O4.C4H8Br2.C4H5NO3.BF4/c1-2-19-11(17)13(7-3-4-8-13)12(18)20-14-9(15)5-6-10(14)16;1-3-14-9(12)11(7-5-6-8-11)10(13)15-4-2;1-2-13-8(12)9(7(10)11)5-3-4-6-9;1-3-4-5-10-7-6-9(2)8-10;1-3-10-6(8)5-7(9)11-4-2;5-3-1-2-4-6;6-3-1-2-4(7)5(3)8;2-1(3,4)5/h2-8H2,1H3;3-8H2,1-2H3;2-6H2,1H3,(H,10,11);6-8H,3-5H2,1-2H3;3-5H2,1-2H3;1-4H2;8H,1-2H2;/q;;;+1;;;;-1. The fraction of sp³-hybridized carbons (Fsp3) is 0.732. The minimum absolute atomic E-state index is 0.0263. The van der Waals surface area contributed by atoms with Crippen LogP contribution in [0, 0.1) is 16.2 Å². The van der Waals surface area contributed by atoms with E-state index in [0.717, 1.165) is 42.9 Å². The summed E-state index contributed by atoms with van der Waals surface area (Å²) < 4.78 is 71.9. The number of carbonyl (C=O) groups excluding carboxylic acids is 11. The van der Waals surface area contributed by atoms with E-state index in [0.29, 0.717) is 69.6 Å². The number of aromatic nitrogens is 2. The smallest absolute Gasteiger partial charge is 0.480 e. The van der Waals surface area contributed by atoms with Gasteiger partial charge >= 0.3 is 55.0 Å².